The van der Waals surface area contributed by atoms with Crippen LogP contribution in [0.25, 0.3) is 11.0 Å². The average Bonchev–Trinajstić information content (AvgIpc) is 2.95. The quantitative estimate of drug-likeness (QED) is 0.694. The summed E-state index contributed by atoms with van der Waals surface area (Å²) in [6.45, 7) is 10.0. The monoisotopic (exact) mass is 401 g/mol. The van der Waals surface area contributed by atoms with Crippen LogP contribution in [0, 0.1) is 5.41 Å². The van der Waals surface area contributed by atoms with Gasteiger partial charge in [-0.05, 0) is 37.5 Å². The van der Waals surface area contributed by atoms with Gasteiger partial charge in [0.2, 0.25) is 0 Å². The van der Waals surface area contributed by atoms with Gasteiger partial charge in [0.05, 0.1) is 22.1 Å². The van der Waals surface area contributed by atoms with Gasteiger partial charge in [0.1, 0.15) is 5.82 Å². The average molecular weight is 402 g/mol. The van der Waals surface area contributed by atoms with Crippen LogP contribution in [-0.4, -0.2) is 25.4 Å². The number of nitrogens with zero attached hydrogens (tertiary/aromatic N) is 3. The Morgan fingerprint density at radius 1 is 1.21 bits per heavy atom. The van der Waals surface area contributed by atoms with Crippen LogP contribution in [0.2, 0.25) is 5.02 Å². The summed E-state index contributed by atoms with van der Waals surface area (Å²) in [5.41, 5.74) is 1.57. The van der Waals surface area contributed by atoms with E-state index in [2.05, 4.69) is 41.0 Å². The van der Waals surface area contributed by atoms with Crippen molar-refractivity contribution in [2.45, 2.75) is 46.7 Å². The molecule has 7 nitrogen and oxygen atoms in total. The van der Waals surface area contributed by atoms with Crippen molar-refractivity contribution >= 4 is 28.5 Å². The molecular formula is C20H24ClN5O2. The Morgan fingerprint density at radius 3 is 2.46 bits per heavy atom. The third-order valence-electron chi connectivity index (χ3n) is 5.00. The van der Waals surface area contributed by atoms with Gasteiger partial charge in [-0.2, -0.15) is 0 Å². The van der Waals surface area contributed by atoms with Crippen molar-refractivity contribution in [3.8, 4) is 0 Å². The number of carbonyl (C=O) groups is 1. The van der Waals surface area contributed by atoms with Gasteiger partial charge in [-0.3, -0.25) is 9.36 Å². The molecule has 1 aromatic carbocycles. The second-order valence-electron chi connectivity index (χ2n) is 8.03. The first kappa shape index (κ1) is 20.1. The summed E-state index contributed by atoms with van der Waals surface area (Å²) < 4.78 is 1.71. The third-order valence-corrected chi connectivity index (χ3v) is 5.19. The normalized spacial score (nSPS) is 14.1. The molecule has 0 aliphatic rings. The summed E-state index contributed by atoms with van der Waals surface area (Å²) in [5, 5.41) is 3.31. The molecule has 0 saturated carbocycles. The second-order valence-corrected chi connectivity index (χ2v) is 8.47. The van der Waals surface area contributed by atoms with Crippen molar-refractivity contribution in [2.75, 3.05) is 0 Å². The smallest absolute Gasteiger partial charge is 0.326 e. The van der Waals surface area contributed by atoms with Crippen LogP contribution < -0.4 is 11.0 Å². The van der Waals surface area contributed by atoms with Crippen LogP contribution >= 0.6 is 11.6 Å². The van der Waals surface area contributed by atoms with E-state index in [1.54, 1.807) is 29.7 Å². The van der Waals surface area contributed by atoms with Crippen molar-refractivity contribution in [1.82, 2.24) is 24.8 Å². The van der Waals surface area contributed by atoms with Gasteiger partial charge in [0.25, 0.3) is 5.91 Å². The van der Waals surface area contributed by atoms with Gasteiger partial charge >= 0.3 is 5.69 Å². The van der Waals surface area contributed by atoms with Crippen LogP contribution in [0.1, 0.15) is 62.9 Å². The molecule has 1 amide bonds. The lowest BCUT2D eigenvalue weighted by Crippen LogP contribution is -2.29. The molecule has 0 unspecified atom stereocenters. The maximum absolute atomic E-state index is 12.7. The fourth-order valence-corrected chi connectivity index (χ4v) is 3.02. The van der Waals surface area contributed by atoms with Crippen molar-refractivity contribution in [1.29, 1.82) is 0 Å². The zero-order valence-corrected chi connectivity index (χ0v) is 17.3. The molecule has 0 fully saturated rings. The maximum Gasteiger partial charge on any atom is 0.326 e. The van der Waals surface area contributed by atoms with E-state index in [1.165, 1.54) is 12.4 Å². The number of carbonyl (C=O) groups excluding carboxylic acids is 1. The van der Waals surface area contributed by atoms with Crippen molar-refractivity contribution in [3.63, 3.8) is 0 Å². The predicted octanol–water partition coefficient (Wildman–Crippen LogP) is 3.87. The van der Waals surface area contributed by atoms with Gasteiger partial charge in [-0.25, -0.2) is 14.8 Å². The first-order chi connectivity index (χ1) is 13.1. The molecule has 0 bridgehead atoms. The molecular weight excluding hydrogens is 378 g/mol. The van der Waals surface area contributed by atoms with Gasteiger partial charge < -0.3 is 10.3 Å². The fraction of sp³-hybridized carbons (Fsp3) is 0.400. The summed E-state index contributed by atoms with van der Waals surface area (Å²) in [5.74, 6) is 0.204. The van der Waals surface area contributed by atoms with Gasteiger partial charge in [-0.15, -0.1) is 0 Å². The van der Waals surface area contributed by atoms with E-state index < -0.39 is 0 Å². The Labute approximate surface area is 168 Å². The summed E-state index contributed by atoms with van der Waals surface area (Å²) >= 11 is 5.80. The van der Waals surface area contributed by atoms with Crippen LogP contribution in [0.3, 0.4) is 0 Å². The first-order valence-electron chi connectivity index (χ1n) is 9.10. The lowest BCUT2D eigenvalue weighted by molar-refractivity contribution is 0.0938. The van der Waals surface area contributed by atoms with Crippen molar-refractivity contribution < 1.29 is 4.79 Å². The minimum atomic E-state index is -0.387. The van der Waals surface area contributed by atoms with E-state index >= 15 is 0 Å². The highest BCUT2D eigenvalue weighted by Gasteiger charge is 2.25. The molecule has 0 spiro atoms. The van der Waals surface area contributed by atoms with Gasteiger partial charge in [0, 0.05) is 24.0 Å². The van der Waals surface area contributed by atoms with Crippen molar-refractivity contribution in [2.24, 2.45) is 5.41 Å². The fourth-order valence-electron chi connectivity index (χ4n) is 2.92. The van der Waals surface area contributed by atoms with Crippen LogP contribution in [-0.2, 0) is 0 Å². The molecule has 28 heavy (non-hydrogen) atoms. The molecule has 2 atom stereocenters. The number of nitrogens with one attached hydrogen (secondary N) is 2. The number of H-pyrrole nitrogens is 1. The lowest BCUT2D eigenvalue weighted by atomic mass is 9.88. The number of amides is 1. The largest absolute Gasteiger partial charge is 0.342 e. The molecule has 2 N–H and O–H groups in total. The molecule has 2 aromatic heterocycles. The molecule has 3 aromatic rings. The van der Waals surface area contributed by atoms with E-state index in [4.69, 9.17) is 11.6 Å². The summed E-state index contributed by atoms with van der Waals surface area (Å²) in [6, 6.07) is 4.74. The number of imidazole rings is 1. The predicted molar refractivity (Wildman–Crippen MR) is 110 cm³/mol. The second kappa shape index (κ2) is 7.39. The number of rotatable bonds is 4. The number of benzene rings is 1. The number of hydrogen-bond acceptors (Lipinski definition) is 4. The third kappa shape index (κ3) is 3.94. The number of aromatic amines is 1. The number of hydrogen-bond donors (Lipinski definition) is 2. The minimum absolute atomic E-state index is 0.0477. The molecule has 2 heterocycles. The first-order valence-corrected chi connectivity index (χ1v) is 9.48. The molecule has 0 saturated heterocycles. The Morgan fingerprint density at radius 2 is 1.86 bits per heavy atom. The standard InChI is InChI=1S/C20H24ClN5O2/c1-11(17-22-9-14(21)10-23-17)24-18(27)13-6-7-15-16(8-13)26(19(28)25-15)12(2)20(3,4)5/h6-12H,1-5H3,(H,24,27)(H,25,28)/t11-,12+/m0/s1. The highest BCUT2D eigenvalue weighted by Crippen LogP contribution is 2.31. The zero-order chi connectivity index (χ0) is 20.6. The van der Waals surface area contributed by atoms with Gasteiger partial charge in [0.15, 0.2) is 0 Å². The van der Waals surface area contributed by atoms with Crippen molar-refractivity contribution in [3.05, 3.63) is 57.5 Å². The minimum Gasteiger partial charge on any atom is -0.342 e. The Balaban J connectivity index is 1.92. The topological polar surface area (TPSA) is 92.7 Å². The molecule has 0 radical (unpaired) electrons. The van der Waals surface area contributed by atoms with Crippen LogP contribution in [0.5, 0.6) is 0 Å². The van der Waals surface area contributed by atoms with Crippen LogP contribution in [0.15, 0.2) is 35.4 Å². The summed E-state index contributed by atoms with van der Waals surface area (Å²) in [7, 11) is 0. The lowest BCUT2D eigenvalue weighted by Gasteiger charge is -2.28. The van der Waals surface area contributed by atoms with Crippen LogP contribution in [0.4, 0.5) is 0 Å². The zero-order valence-electron chi connectivity index (χ0n) is 16.6. The number of aromatic nitrogens is 4. The molecule has 0 aliphatic carbocycles. The maximum atomic E-state index is 12.7. The summed E-state index contributed by atoms with van der Waals surface area (Å²) in [4.78, 5) is 36.3. The Kier molecular flexibility index (Phi) is 5.30. The molecule has 3 rings (SSSR count). The SMILES string of the molecule is C[C@H](NC(=O)c1ccc2[nH]c(=O)n([C@H](C)C(C)(C)C)c2c1)c1ncc(Cl)cn1. The van der Waals surface area contributed by atoms with E-state index in [0.717, 1.165) is 0 Å². The Bertz CT molecular complexity index is 1060. The summed E-state index contributed by atoms with van der Waals surface area (Å²) in [6.07, 6.45) is 2.98. The molecule has 8 heteroatoms. The molecule has 0 aliphatic heterocycles. The van der Waals surface area contributed by atoms with E-state index in [1.807, 2.05) is 6.92 Å². The van der Waals surface area contributed by atoms with E-state index in [9.17, 15) is 9.59 Å². The van der Waals surface area contributed by atoms with Gasteiger partial charge in [-0.1, -0.05) is 32.4 Å². The Hall–Kier alpha value is -2.67. The highest BCUT2D eigenvalue weighted by molar-refractivity contribution is 6.30. The number of fused-ring (bicyclic) bond motifs is 1. The highest BCUT2D eigenvalue weighted by atomic mass is 35.5. The van der Waals surface area contributed by atoms with E-state index in [-0.39, 0.29) is 29.1 Å². The number of halogens is 1. The van der Waals surface area contributed by atoms with E-state index in [0.29, 0.717) is 27.4 Å². The molecule has 148 valence electrons.